The fourth-order valence-corrected chi connectivity index (χ4v) is 1.90. The maximum absolute atomic E-state index is 5.80. The van der Waals surface area contributed by atoms with Crippen LogP contribution in [0.3, 0.4) is 0 Å². The molecular weight excluding hydrogens is 243 g/mol. The SMILES string of the molecule is Clc1cc(Cl)nc(CCc2ccccc2)n1. The van der Waals surface area contributed by atoms with Crippen LogP contribution in [0, 0.1) is 0 Å². The predicted molar refractivity (Wildman–Crippen MR) is 65.9 cm³/mol. The lowest BCUT2D eigenvalue weighted by Gasteiger charge is -2.01. The molecular formula is C12H10Cl2N2. The lowest BCUT2D eigenvalue weighted by molar-refractivity contribution is 0.858. The van der Waals surface area contributed by atoms with Crippen LogP contribution in [-0.4, -0.2) is 9.97 Å². The van der Waals surface area contributed by atoms with Crippen molar-refractivity contribution in [1.29, 1.82) is 0 Å². The first kappa shape index (κ1) is 11.4. The number of rotatable bonds is 3. The van der Waals surface area contributed by atoms with Crippen molar-refractivity contribution in [3.8, 4) is 0 Å². The minimum Gasteiger partial charge on any atom is -0.221 e. The fraction of sp³-hybridized carbons (Fsp3) is 0.167. The van der Waals surface area contributed by atoms with Gasteiger partial charge < -0.3 is 0 Å². The summed E-state index contributed by atoms with van der Waals surface area (Å²) < 4.78 is 0. The summed E-state index contributed by atoms with van der Waals surface area (Å²) in [5.41, 5.74) is 1.25. The Balaban J connectivity index is 2.05. The summed E-state index contributed by atoms with van der Waals surface area (Å²) in [6, 6.07) is 11.7. The van der Waals surface area contributed by atoms with Crippen molar-refractivity contribution in [2.24, 2.45) is 0 Å². The molecule has 0 aliphatic heterocycles. The zero-order chi connectivity index (χ0) is 11.4. The van der Waals surface area contributed by atoms with Crippen molar-refractivity contribution < 1.29 is 0 Å². The maximum atomic E-state index is 5.80. The van der Waals surface area contributed by atoms with Gasteiger partial charge in [0.05, 0.1) is 0 Å². The fourth-order valence-electron chi connectivity index (χ4n) is 1.45. The quantitative estimate of drug-likeness (QED) is 0.781. The largest absolute Gasteiger partial charge is 0.221 e. The zero-order valence-electron chi connectivity index (χ0n) is 8.53. The van der Waals surface area contributed by atoms with Gasteiger partial charge >= 0.3 is 0 Å². The van der Waals surface area contributed by atoms with E-state index >= 15 is 0 Å². The van der Waals surface area contributed by atoms with Gasteiger partial charge in [0.2, 0.25) is 0 Å². The van der Waals surface area contributed by atoms with E-state index in [1.165, 1.54) is 11.6 Å². The predicted octanol–water partition coefficient (Wildman–Crippen LogP) is 3.57. The summed E-state index contributed by atoms with van der Waals surface area (Å²) in [6.45, 7) is 0. The molecule has 0 radical (unpaired) electrons. The van der Waals surface area contributed by atoms with Gasteiger partial charge in [0, 0.05) is 12.5 Å². The van der Waals surface area contributed by atoms with Crippen molar-refractivity contribution in [2.75, 3.05) is 0 Å². The highest BCUT2D eigenvalue weighted by molar-refractivity contribution is 6.33. The zero-order valence-corrected chi connectivity index (χ0v) is 10.0. The van der Waals surface area contributed by atoms with E-state index < -0.39 is 0 Å². The van der Waals surface area contributed by atoms with Crippen LogP contribution in [0.4, 0.5) is 0 Å². The Labute approximate surface area is 104 Å². The van der Waals surface area contributed by atoms with Crippen LogP contribution in [0.25, 0.3) is 0 Å². The number of hydrogen-bond donors (Lipinski definition) is 0. The van der Waals surface area contributed by atoms with Gasteiger partial charge in [-0.05, 0) is 12.0 Å². The molecule has 2 rings (SSSR count). The molecule has 1 aromatic carbocycles. The maximum Gasteiger partial charge on any atom is 0.134 e. The average molecular weight is 253 g/mol. The van der Waals surface area contributed by atoms with Crippen LogP contribution in [0.1, 0.15) is 11.4 Å². The van der Waals surface area contributed by atoms with E-state index in [4.69, 9.17) is 23.2 Å². The number of aryl methyl sites for hydroxylation is 2. The summed E-state index contributed by atoms with van der Waals surface area (Å²) >= 11 is 11.6. The van der Waals surface area contributed by atoms with Crippen molar-refractivity contribution in [3.05, 3.63) is 58.1 Å². The first-order chi connectivity index (χ1) is 7.74. The molecule has 0 N–H and O–H groups in total. The molecule has 82 valence electrons. The molecule has 1 aromatic heterocycles. The number of aromatic nitrogens is 2. The average Bonchev–Trinajstić information content (AvgIpc) is 2.27. The van der Waals surface area contributed by atoms with Crippen molar-refractivity contribution in [2.45, 2.75) is 12.8 Å². The molecule has 4 heteroatoms. The van der Waals surface area contributed by atoms with E-state index in [0.29, 0.717) is 16.1 Å². The minimum atomic E-state index is 0.392. The van der Waals surface area contributed by atoms with Crippen LogP contribution in [0.15, 0.2) is 36.4 Å². The second-order valence-corrected chi connectivity index (χ2v) is 4.19. The third-order valence-corrected chi connectivity index (χ3v) is 2.58. The van der Waals surface area contributed by atoms with Gasteiger partial charge in [-0.1, -0.05) is 53.5 Å². The molecule has 0 unspecified atom stereocenters. The molecule has 1 heterocycles. The first-order valence-corrected chi connectivity index (χ1v) is 5.72. The van der Waals surface area contributed by atoms with Gasteiger partial charge in [-0.25, -0.2) is 9.97 Å². The summed E-state index contributed by atoms with van der Waals surface area (Å²) in [6.07, 6.45) is 1.63. The molecule has 0 amide bonds. The molecule has 2 aromatic rings. The Morgan fingerprint density at radius 3 is 2.12 bits per heavy atom. The molecule has 2 nitrogen and oxygen atoms in total. The molecule has 0 bridgehead atoms. The van der Waals surface area contributed by atoms with Crippen molar-refractivity contribution >= 4 is 23.2 Å². The molecule has 0 saturated carbocycles. The normalized spacial score (nSPS) is 10.4. The smallest absolute Gasteiger partial charge is 0.134 e. The Bertz CT molecular complexity index is 451. The highest BCUT2D eigenvalue weighted by atomic mass is 35.5. The van der Waals surface area contributed by atoms with E-state index in [2.05, 4.69) is 22.1 Å². The summed E-state index contributed by atoms with van der Waals surface area (Å²) in [7, 11) is 0. The lowest BCUT2D eigenvalue weighted by Crippen LogP contribution is -1.98. The third-order valence-electron chi connectivity index (χ3n) is 2.19. The van der Waals surface area contributed by atoms with Crippen molar-refractivity contribution in [3.63, 3.8) is 0 Å². The molecule has 0 aliphatic carbocycles. The molecule has 0 spiro atoms. The third kappa shape index (κ3) is 3.19. The van der Waals surface area contributed by atoms with Crippen molar-refractivity contribution in [1.82, 2.24) is 9.97 Å². The number of halogens is 2. The van der Waals surface area contributed by atoms with Crippen LogP contribution >= 0.6 is 23.2 Å². The Morgan fingerprint density at radius 1 is 0.875 bits per heavy atom. The number of benzene rings is 1. The van der Waals surface area contributed by atoms with E-state index in [-0.39, 0.29) is 0 Å². The second kappa shape index (κ2) is 5.28. The van der Waals surface area contributed by atoms with Gasteiger partial charge in [-0.15, -0.1) is 0 Å². The van der Waals surface area contributed by atoms with E-state index in [9.17, 15) is 0 Å². The summed E-state index contributed by atoms with van der Waals surface area (Å²) in [5.74, 6) is 0.682. The molecule has 0 fully saturated rings. The standard InChI is InChI=1S/C12H10Cl2N2/c13-10-8-11(14)16-12(15-10)7-6-9-4-2-1-3-5-9/h1-5,8H,6-7H2. The van der Waals surface area contributed by atoms with Crippen LogP contribution < -0.4 is 0 Å². The van der Waals surface area contributed by atoms with Gasteiger partial charge in [0.15, 0.2) is 0 Å². The van der Waals surface area contributed by atoms with E-state index in [1.54, 1.807) is 0 Å². The Morgan fingerprint density at radius 2 is 1.50 bits per heavy atom. The van der Waals surface area contributed by atoms with Crippen LogP contribution in [0.2, 0.25) is 10.3 Å². The van der Waals surface area contributed by atoms with Gasteiger partial charge in [0.1, 0.15) is 16.1 Å². The monoisotopic (exact) mass is 252 g/mol. The number of hydrogen-bond acceptors (Lipinski definition) is 2. The summed E-state index contributed by atoms with van der Waals surface area (Å²) in [5, 5.41) is 0.783. The van der Waals surface area contributed by atoms with E-state index in [0.717, 1.165) is 12.8 Å². The van der Waals surface area contributed by atoms with E-state index in [1.807, 2.05) is 18.2 Å². The topological polar surface area (TPSA) is 25.8 Å². The minimum absolute atomic E-state index is 0.392. The Hall–Kier alpha value is -1.12. The second-order valence-electron chi connectivity index (χ2n) is 3.42. The Kier molecular flexibility index (Phi) is 3.75. The molecule has 0 aliphatic rings. The van der Waals surface area contributed by atoms with Gasteiger partial charge in [-0.3, -0.25) is 0 Å². The first-order valence-electron chi connectivity index (χ1n) is 4.97. The lowest BCUT2D eigenvalue weighted by atomic mass is 10.1. The molecule has 0 saturated heterocycles. The highest BCUT2D eigenvalue weighted by Crippen LogP contribution is 2.13. The molecule has 0 atom stereocenters. The highest BCUT2D eigenvalue weighted by Gasteiger charge is 2.02. The van der Waals surface area contributed by atoms with Crippen LogP contribution in [0.5, 0.6) is 0 Å². The van der Waals surface area contributed by atoms with Crippen LogP contribution in [-0.2, 0) is 12.8 Å². The summed E-state index contributed by atoms with van der Waals surface area (Å²) in [4.78, 5) is 8.24. The molecule has 16 heavy (non-hydrogen) atoms. The number of nitrogens with zero attached hydrogens (tertiary/aromatic N) is 2. The van der Waals surface area contributed by atoms with Gasteiger partial charge in [0.25, 0.3) is 0 Å². The van der Waals surface area contributed by atoms with Gasteiger partial charge in [-0.2, -0.15) is 0 Å².